The fraction of sp³-hybridized carbons (Fsp3) is 0.0385. The summed E-state index contributed by atoms with van der Waals surface area (Å²) in [7, 11) is 0. The quantitative estimate of drug-likeness (QED) is 0.113. The molecule has 1 heterocycles. The van der Waals surface area contributed by atoms with E-state index in [1.165, 1.54) is 36.5 Å². The van der Waals surface area contributed by atoms with E-state index in [0.717, 1.165) is 34.0 Å². The summed E-state index contributed by atoms with van der Waals surface area (Å²) in [6, 6.07) is 18.2. The summed E-state index contributed by atoms with van der Waals surface area (Å²) in [6.45, 7) is 0. The molecular formula is C26H16F5N5OS. The Morgan fingerprint density at radius 3 is 2.42 bits per heavy atom. The summed E-state index contributed by atoms with van der Waals surface area (Å²) in [5.41, 5.74) is 4.96. The second-order valence-electron chi connectivity index (χ2n) is 7.99. The Labute approximate surface area is 217 Å². The summed E-state index contributed by atoms with van der Waals surface area (Å²) in [5.74, 6) is -1.88. The molecule has 0 radical (unpaired) electrons. The van der Waals surface area contributed by atoms with Gasteiger partial charge in [0.15, 0.2) is 5.11 Å². The number of hydrazone groups is 1. The highest BCUT2D eigenvalue weighted by Crippen LogP contribution is 2.29. The van der Waals surface area contributed by atoms with Crippen LogP contribution in [0.15, 0.2) is 84.2 Å². The van der Waals surface area contributed by atoms with E-state index >= 15 is 0 Å². The van der Waals surface area contributed by atoms with Crippen LogP contribution < -0.4 is 15.5 Å². The van der Waals surface area contributed by atoms with Crippen LogP contribution in [0.1, 0.15) is 5.56 Å². The zero-order valence-corrected chi connectivity index (χ0v) is 19.9. The SMILES string of the molecule is Fc1cccc(F)c1NC(=S)N/N=C/c1ccc2c(ccc3c2ncn3-c2ccc(OC(F)(F)F)cc2)c1. The maximum absolute atomic E-state index is 13.7. The van der Waals surface area contributed by atoms with Crippen molar-refractivity contribution in [2.75, 3.05) is 5.32 Å². The summed E-state index contributed by atoms with van der Waals surface area (Å²) < 4.78 is 70.5. The van der Waals surface area contributed by atoms with E-state index in [0.29, 0.717) is 11.2 Å². The van der Waals surface area contributed by atoms with Crippen LogP contribution in [-0.4, -0.2) is 27.2 Å². The van der Waals surface area contributed by atoms with Gasteiger partial charge in [-0.2, -0.15) is 5.10 Å². The molecule has 1 aromatic heterocycles. The number of benzene rings is 4. The second kappa shape index (κ2) is 10.1. The van der Waals surface area contributed by atoms with E-state index in [1.54, 1.807) is 10.9 Å². The van der Waals surface area contributed by atoms with Gasteiger partial charge in [0, 0.05) is 11.1 Å². The minimum atomic E-state index is -4.76. The van der Waals surface area contributed by atoms with Crippen LogP contribution in [0.5, 0.6) is 5.75 Å². The van der Waals surface area contributed by atoms with Crippen LogP contribution in [0.3, 0.4) is 0 Å². The fourth-order valence-electron chi connectivity index (χ4n) is 3.85. The molecule has 5 aromatic rings. The molecule has 192 valence electrons. The van der Waals surface area contributed by atoms with Gasteiger partial charge in [-0.25, -0.2) is 13.8 Å². The minimum Gasteiger partial charge on any atom is -0.406 e. The molecular weight excluding hydrogens is 525 g/mol. The third kappa shape index (κ3) is 5.39. The molecule has 4 aromatic carbocycles. The van der Waals surface area contributed by atoms with Gasteiger partial charge in [0.2, 0.25) is 0 Å². The molecule has 2 N–H and O–H groups in total. The molecule has 0 fully saturated rings. The van der Waals surface area contributed by atoms with Gasteiger partial charge in [-0.05, 0) is 71.7 Å². The Morgan fingerprint density at radius 1 is 0.974 bits per heavy atom. The van der Waals surface area contributed by atoms with Crippen molar-refractivity contribution in [3.8, 4) is 11.4 Å². The van der Waals surface area contributed by atoms with Crippen molar-refractivity contribution in [2.24, 2.45) is 5.10 Å². The summed E-state index contributed by atoms with van der Waals surface area (Å²) in [5, 5.41) is 8.09. The van der Waals surface area contributed by atoms with E-state index in [2.05, 4.69) is 25.6 Å². The standard InChI is InChI=1S/C26H16F5N5OS/c27-20-2-1-3-21(28)24(20)34-25(38)35-33-13-15-4-10-19-16(12-15)5-11-22-23(19)32-14-36(22)17-6-8-18(9-7-17)37-26(29,30)31/h1-14H,(H2,34,35,38)/b33-13+. The Bertz CT molecular complexity index is 1660. The van der Waals surface area contributed by atoms with Crippen LogP contribution in [0.2, 0.25) is 0 Å². The van der Waals surface area contributed by atoms with Crippen LogP contribution in [0.4, 0.5) is 27.6 Å². The number of fused-ring (bicyclic) bond motifs is 3. The molecule has 0 spiro atoms. The van der Waals surface area contributed by atoms with E-state index in [4.69, 9.17) is 12.2 Å². The highest BCUT2D eigenvalue weighted by atomic mass is 32.1. The molecule has 0 saturated carbocycles. The number of thiocarbonyl (C=S) groups is 1. The van der Waals surface area contributed by atoms with Crippen molar-refractivity contribution >= 4 is 51.0 Å². The lowest BCUT2D eigenvalue weighted by atomic mass is 10.1. The first-order valence-corrected chi connectivity index (χ1v) is 11.4. The average Bonchev–Trinajstić information content (AvgIpc) is 3.30. The first kappa shape index (κ1) is 25.1. The fourth-order valence-corrected chi connectivity index (χ4v) is 4.00. The Hall–Kier alpha value is -4.58. The third-order valence-electron chi connectivity index (χ3n) is 5.49. The number of alkyl halides is 3. The van der Waals surface area contributed by atoms with Crippen molar-refractivity contribution in [3.05, 3.63) is 96.3 Å². The number of halogens is 5. The van der Waals surface area contributed by atoms with E-state index < -0.39 is 18.0 Å². The number of anilines is 1. The Kier molecular flexibility index (Phi) is 6.64. The van der Waals surface area contributed by atoms with Gasteiger partial charge in [-0.1, -0.05) is 24.3 Å². The number of rotatable bonds is 5. The Balaban J connectivity index is 1.32. The molecule has 0 aliphatic rings. The molecule has 0 aliphatic carbocycles. The first-order chi connectivity index (χ1) is 18.2. The number of aromatic nitrogens is 2. The lowest BCUT2D eigenvalue weighted by molar-refractivity contribution is -0.274. The lowest BCUT2D eigenvalue weighted by Crippen LogP contribution is -2.25. The molecule has 0 bridgehead atoms. The highest BCUT2D eigenvalue weighted by Gasteiger charge is 2.31. The number of nitrogens with zero attached hydrogens (tertiary/aromatic N) is 3. The molecule has 12 heteroatoms. The van der Waals surface area contributed by atoms with Gasteiger partial charge in [0.05, 0.1) is 17.2 Å². The van der Waals surface area contributed by atoms with Gasteiger partial charge < -0.3 is 10.1 Å². The number of nitrogens with one attached hydrogen (secondary N) is 2. The van der Waals surface area contributed by atoms with Crippen molar-refractivity contribution in [2.45, 2.75) is 6.36 Å². The average molecular weight is 542 g/mol. The predicted molar refractivity (Wildman–Crippen MR) is 139 cm³/mol. The van der Waals surface area contributed by atoms with Gasteiger partial charge in [-0.15, -0.1) is 13.2 Å². The molecule has 6 nitrogen and oxygen atoms in total. The molecule has 0 amide bonds. The molecule has 0 saturated heterocycles. The van der Waals surface area contributed by atoms with Crippen molar-refractivity contribution in [1.82, 2.24) is 15.0 Å². The van der Waals surface area contributed by atoms with Gasteiger partial charge in [-0.3, -0.25) is 9.99 Å². The van der Waals surface area contributed by atoms with Crippen molar-refractivity contribution in [3.63, 3.8) is 0 Å². The summed E-state index contributed by atoms with van der Waals surface area (Å²) in [4.78, 5) is 4.49. The molecule has 0 atom stereocenters. The highest BCUT2D eigenvalue weighted by molar-refractivity contribution is 7.80. The normalized spacial score (nSPS) is 11.8. The second-order valence-corrected chi connectivity index (χ2v) is 8.40. The van der Waals surface area contributed by atoms with Gasteiger partial charge in [0.1, 0.15) is 29.4 Å². The number of hydrogen-bond acceptors (Lipinski definition) is 4. The van der Waals surface area contributed by atoms with Crippen LogP contribution in [0, 0.1) is 11.6 Å². The number of imidazole rings is 1. The topological polar surface area (TPSA) is 63.5 Å². The van der Waals surface area contributed by atoms with E-state index in [-0.39, 0.29) is 16.5 Å². The van der Waals surface area contributed by atoms with Gasteiger partial charge >= 0.3 is 6.36 Å². The van der Waals surface area contributed by atoms with Gasteiger partial charge in [0.25, 0.3) is 0 Å². The third-order valence-corrected chi connectivity index (χ3v) is 5.68. The van der Waals surface area contributed by atoms with Crippen LogP contribution in [-0.2, 0) is 0 Å². The number of hydrogen-bond donors (Lipinski definition) is 2. The maximum atomic E-state index is 13.7. The van der Waals surface area contributed by atoms with E-state index in [9.17, 15) is 22.0 Å². The maximum Gasteiger partial charge on any atom is 0.573 e. The molecule has 0 aliphatic heterocycles. The van der Waals surface area contributed by atoms with Crippen LogP contribution >= 0.6 is 12.2 Å². The first-order valence-electron chi connectivity index (χ1n) is 11.0. The zero-order chi connectivity index (χ0) is 26.9. The number of ether oxygens (including phenoxy) is 1. The Morgan fingerprint density at radius 2 is 1.71 bits per heavy atom. The minimum absolute atomic E-state index is 0.0868. The molecule has 5 rings (SSSR count). The van der Waals surface area contributed by atoms with Crippen molar-refractivity contribution < 1.29 is 26.7 Å². The molecule has 0 unspecified atom stereocenters. The lowest BCUT2D eigenvalue weighted by Gasteiger charge is -2.10. The predicted octanol–water partition coefficient (Wildman–Crippen LogP) is 6.68. The largest absolute Gasteiger partial charge is 0.573 e. The zero-order valence-electron chi connectivity index (χ0n) is 19.1. The molecule has 38 heavy (non-hydrogen) atoms. The van der Waals surface area contributed by atoms with E-state index in [1.807, 2.05) is 30.3 Å². The summed E-state index contributed by atoms with van der Waals surface area (Å²) >= 11 is 5.04. The summed E-state index contributed by atoms with van der Waals surface area (Å²) in [6.07, 6.45) is -1.67. The van der Waals surface area contributed by atoms with Crippen LogP contribution in [0.25, 0.3) is 27.5 Å². The smallest absolute Gasteiger partial charge is 0.406 e. The monoisotopic (exact) mass is 541 g/mol. The van der Waals surface area contributed by atoms with Crippen molar-refractivity contribution in [1.29, 1.82) is 0 Å². The number of para-hydroxylation sites is 1.